The lowest BCUT2D eigenvalue weighted by Crippen LogP contribution is -2.45. The topological polar surface area (TPSA) is 95.9 Å². The number of amides is 1. The van der Waals surface area contributed by atoms with E-state index in [0.717, 1.165) is 64.2 Å². The van der Waals surface area contributed by atoms with Crippen LogP contribution in [-0.4, -0.2) is 47.4 Å². The molecular weight excluding hydrogens is 839 g/mol. The molecule has 0 radical (unpaired) electrons. The molecule has 0 aromatic heterocycles. The monoisotopic (exact) mass is 958 g/mol. The van der Waals surface area contributed by atoms with Crippen molar-refractivity contribution in [1.82, 2.24) is 5.32 Å². The fourth-order valence-corrected chi connectivity index (χ4v) is 9.56. The van der Waals surface area contributed by atoms with Crippen molar-refractivity contribution in [3.05, 3.63) is 24.3 Å². The Labute approximate surface area is 424 Å². The van der Waals surface area contributed by atoms with Gasteiger partial charge in [-0.25, -0.2) is 0 Å². The van der Waals surface area contributed by atoms with Crippen molar-refractivity contribution in [2.24, 2.45) is 0 Å². The molecule has 0 rings (SSSR count). The molecule has 0 aliphatic carbocycles. The zero-order valence-electron chi connectivity index (χ0n) is 45.9. The highest BCUT2D eigenvalue weighted by atomic mass is 16.5. The smallest absolute Gasteiger partial charge is 0.305 e. The van der Waals surface area contributed by atoms with Gasteiger partial charge in [0.1, 0.15) is 0 Å². The Balaban J connectivity index is 3.44. The zero-order valence-corrected chi connectivity index (χ0v) is 45.9. The standard InChI is InChI=1S/C62H119NO5/c1-3-5-7-9-11-13-15-17-18-19-20-21-22-23-24-25-26-27-28-31-34-38-42-46-50-54-60(65)59(58-64)63-61(66)55-51-47-43-39-35-32-29-33-37-41-45-49-53-57-68-62(67)56-52-48-44-40-36-30-16-14-12-10-8-6-4-2/h8,10,14,16,59-60,64-65H,3-7,9,11-13,15,17-58H2,1-2H3,(H,63,66)/b10-8-,16-14-. The maximum Gasteiger partial charge on any atom is 0.305 e. The first-order valence-corrected chi connectivity index (χ1v) is 30.6. The summed E-state index contributed by atoms with van der Waals surface area (Å²) in [6.45, 7) is 4.88. The second kappa shape index (κ2) is 57.9. The number of esters is 1. The minimum Gasteiger partial charge on any atom is -0.466 e. The Hall–Kier alpha value is -1.66. The fourth-order valence-electron chi connectivity index (χ4n) is 9.56. The molecule has 6 heteroatoms. The van der Waals surface area contributed by atoms with E-state index in [0.29, 0.717) is 25.9 Å². The van der Waals surface area contributed by atoms with Crippen LogP contribution >= 0.6 is 0 Å². The van der Waals surface area contributed by atoms with Crippen LogP contribution in [0.3, 0.4) is 0 Å². The van der Waals surface area contributed by atoms with E-state index >= 15 is 0 Å². The number of carbonyl (C=O) groups excluding carboxylic acids is 2. The van der Waals surface area contributed by atoms with Gasteiger partial charge in [0.25, 0.3) is 0 Å². The molecule has 68 heavy (non-hydrogen) atoms. The molecule has 0 heterocycles. The van der Waals surface area contributed by atoms with Gasteiger partial charge in [-0.05, 0) is 51.4 Å². The molecule has 0 saturated carbocycles. The average Bonchev–Trinajstić information content (AvgIpc) is 3.34. The molecule has 0 aromatic rings. The van der Waals surface area contributed by atoms with Gasteiger partial charge in [-0.3, -0.25) is 9.59 Å². The average molecular weight is 959 g/mol. The molecule has 0 bridgehead atoms. The molecule has 0 spiro atoms. The number of aliphatic hydroxyl groups excluding tert-OH is 2. The number of allylic oxidation sites excluding steroid dienone is 4. The van der Waals surface area contributed by atoms with Crippen molar-refractivity contribution in [1.29, 1.82) is 0 Å². The molecule has 0 saturated heterocycles. The first kappa shape index (κ1) is 66.3. The van der Waals surface area contributed by atoms with Gasteiger partial charge in [-0.2, -0.15) is 0 Å². The number of aliphatic hydroxyl groups is 2. The first-order chi connectivity index (χ1) is 33.5. The van der Waals surface area contributed by atoms with Gasteiger partial charge in [-0.1, -0.05) is 295 Å². The van der Waals surface area contributed by atoms with Crippen LogP contribution < -0.4 is 5.32 Å². The van der Waals surface area contributed by atoms with Gasteiger partial charge in [0.15, 0.2) is 0 Å². The van der Waals surface area contributed by atoms with E-state index in [2.05, 4.69) is 43.5 Å². The lowest BCUT2D eigenvalue weighted by Gasteiger charge is -2.22. The molecule has 402 valence electrons. The number of hydrogen-bond donors (Lipinski definition) is 3. The highest BCUT2D eigenvalue weighted by Crippen LogP contribution is 2.18. The summed E-state index contributed by atoms with van der Waals surface area (Å²) in [5, 5.41) is 23.4. The van der Waals surface area contributed by atoms with Crippen molar-refractivity contribution in [2.75, 3.05) is 13.2 Å². The third kappa shape index (κ3) is 53.7. The third-order valence-corrected chi connectivity index (χ3v) is 14.2. The van der Waals surface area contributed by atoms with Gasteiger partial charge < -0.3 is 20.3 Å². The summed E-state index contributed by atoms with van der Waals surface area (Å²) in [5.74, 6) is -0.0648. The second-order valence-electron chi connectivity index (χ2n) is 21.0. The lowest BCUT2D eigenvalue weighted by molar-refractivity contribution is -0.143. The summed E-state index contributed by atoms with van der Waals surface area (Å²) in [6.07, 6.45) is 70.4. The fraction of sp³-hybridized carbons (Fsp3) is 0.903. The first-order valence-electron chi connectivity index (χ1n) is 30.6. The highest BCUT2D eigenvalue weighted by molar-refractivity contribution is 5.76. The van der Waals surface area contributed by atoms with Crippen LogP contribution in [0.5, 0.6) is 0 Å². The van der Waals surface area contributed by atoms with Crippen LogP contribution in [0, 0.1) is 0 Å². The van der Waals surface area contributed by atoms with E-state index in [-0.39, 0.29) is 18.5 Å². The van der Waals surface area contributed by atoms with Crippen molar-refractivity contribution < 1.29 is 24.5 Å². The Morgan fingerprint density at radius 3 is 1.18 bits per heavy atom. The van der Waals surface area contributed by atoms with Crippen LogP contribution in [0.25, 0.3) is 0 Å². The summed E-state index contributed by atoms with van der Waals surface area (Å²) in [4.78, 5) is 24.5. The van der Waals surface area contributed by atoms with E-state index in [1.807, 2.05) is 0 Å². The number of unbranched alkanes of at least 4 members (excludes halogenated alkanes) is 42. The van der Waals surface area contributed by atoms with E-state index in [4.69, 9.17) is 4.74 Å². The second-order valence-corrected chi connectivity index (χ2v) is 21.0. The van der Waals surface area contributed by atoms with E-state index in [1.54, 1.807) is 0 Å². The third-order valence-electron chi connectivity index (χ3n) is 14.2. The van der Waals surface area contributed by atoms with Crippen LogP contribution in [0.4, 0.5) is 0 Å². The van der Waals surface area contributed by atoms with Gasteiger partial charge in [0.2, 0.25) is 5.91 Å². The number of nitrogens with one attached hydrogen (secondary N) is 1. The predicted molar refractivity (Wildman–Crippen MR) is 296 cm³/mol. The summed E-state index contributed by atoms with van der Waals surface area (Å²) in [6, 6.07) is -0.553. The molecule has 6 nitrogen and oxygen atoms in total. The van der Waals surface area contributed by atoms with Gasteiger partial charge in [-0.15, -0.1) is 0 Å². The summed E-state index contributed by atoms with van der Waals surface area (Å²) in [5.41, 5.74) is 0. The Morgan fingerprint density at radius 2 is 0.765 bits per heavy atom. The molecule has 0 aliphatic rings. The maximum atomic E-state index is 12.5. The van der Waals surface area contributed by atoms with Crippen LogP contribution in [-0.2, 0) is 14.3 Å². The normalized spacial score (nSPS) is 12.7. The van der Waals surface area contributed by atoms with Crippen molar-refractivity contribution in [3.63, 3.8) is 0 Å². The molecule has 2 unspecified atom stereocenters. The maximum absolute atomic E-state index is 12.5. The number of hydrogen-bond acceptors (Lipinski definition) is 5. The van der Waals surface area contributed by atoms with Crippen molar-refractivity contribution in [2.45, 2.75) is 347 Å². The molecule has 2 atom stereocenters. The summed E-state index contributed by atoms with van der Waals surface area (Å²) in [7, 11) is 0. The van der Waals surface area contributed by atoms with E-state index < -0.39 is 12.1 Å². The highest BCUT2D eigenvalue weighted by Gasteiger charge is 2.20. The van der Waals surface area contributed by atoms with Crippen molar-refractivity contribution >= 4 is 11.9 Å². The van der Waals surface area contributed by atoms with Gasteiger partial charge >= 0.3 is 5.97 Å². The van der Waals surface area contributed by atoms with Crippen molar-refractivity contribution in [3.8, 4) is 0 Å². The Kier molecular flexibility index (Phi) is 56.5. The number of ether oxygens (including phenoxy) is 1. The molecule has 3 N–H and O–H groups in total. The Morgan fingerprint density at radius 1 is 0.412 bits per heavy atom. The summed E-state index contributed by atoms with van der Waals surface area (Å²) >= 11 is 0. The largest absolute Gasteiger partial charge is 0.466 e. The molecule has 0 aliphatic heterocycles. The molecule has 0 aromatic carbocycles. The zero-order chi connectivity index (χ0) is 49.3. The van der Waals surface area contributed by atoms with Crippen LogP contribution in [0.1, 0.15) is 335 Å². The van der Waals surface area contributed by atoms with E-state index in [1.165, 1.54) is 238 Å². The van der Waals surface area contributed by atoms with Gasteiger partial charge in [0, 0.05) is 12.8 Å². The minimum absolute atomic E-state index is 0.0198. The SMILES string of the molecule is CCC/C=C\C/C=C\CCCCCCCC(=O)OCCCCCCCCCCCCCCCC(=O)NC(CO)C(O)CCCCCCCCCCCCCCCCCCCCCCCCCCC. The predicted octanol–water partition coefficient (Wildman–Crippen LogP) is 19.0. The Bertz CT molecular complexity index is 1060. The number of carbonyl (C=O) groups is 2. The molecule has 0 fully saturated rings. The molecule has 1 amide bonds. The lowest BCUT2D eigenvalue weighted by atomic mass is 10.0. The van der Waals surface area contributed by atoms with E-state index in [9.17, 15) is 19.8 Å². The van der Waals surface area contributed by atoms with Crippen LogP contribution in [0.15, 0.2) is 24.3 Å². The quantitative estimate of drug-likeness (QED) is 0.0321. The van der Waals surface area contributed by atoms with Gasteiger partial charge in [0.05, 0.1) is 25.4 Å². The molecular formula is C62H119NO5. The number of rotatable bonds is 57. The minimum atomic E-state index is -0.675. The summed E-state index contributed by atoms with van der Waals surface area (Å²) < 4.78 is 5.46. The van der Waals surface area contributed by atoms with Crippen LogP contribution in [0.2, 0.25) is 0 Å².